The second-order valence-electron chi connectivity index (χ2n) is 2.14. The van der Waals surface area contributed by atoms with Gasteiger partial charge >= 0.3 is 5.97 Å². The van der Waals surface area contributed by atoms with Crippen molar-refractivity contribution < 1.29 is 14.3 Å². The molecule has 0 saturated heterocycles. The van der Waals surface area contributed by atoms with Crippen LogP contribution in [0.25, 0.3) is 0 Å². The van der Waals surface area contributed by atoms with Gasteiger partial charge in [-0.2, -0.15) is 5.10 Å². The van der Waals surface area contributed by atoms with Crippen LogP contribution in [0.3, 0.4) is 0 Å². The van der Waals surface area contributed by atoms with Gasteiger partial charge in [-0.1, -0.05) is 0 Å². The standard InChI is InChI=1S/C7H7N3O3/c1-13-6(12)4-5(11)7-8-2-3-9-10-7/h2-3H,4H2,1H3. The maximum Gasteiger partial charge on any atom is 0.313 e. The van der Waals surface area contributed by atoms with E-state index in [1.165, 1.54) is 19.5 Å². The van der Waals surface area contributed by atoms with Crippen LogP contribution in [0.4, 0.5) is 0 Å². The average Bonchev–Trinajstić information content (AvgIpc) is 2.19. The smallest absolute Gasteiger partial charge is 0.313 e. The van der Waals surface area contributed by atoms with E-state index in [9.17, 15) is 9.59 Å². The Kier molecular flexibility index (Phi) is 3.02. The number of hydrogen-bond acceptors (Lipinski definition) is 6. The van der Waals surface area contributed by atoms with E-state index in [0.717, 1.165) is 0 Å². The zero-order chi connectivity index (χ0) is 9.68. The highest BCUT2D eigenvalue weighted by molar-refractivity contribution is 6.03. The minimum absolute atomic E-state index is 0.0760. The molecule has 0 amide bonds. The topological polar surface area (TPSA) is 82.0 Å². The highest BCUT2D eigenvalue weighted by Gasteiger charge is 2.14. The van der Waals surface area contributed by atoms with Crippen molar-refractivity contribution >= 4 is 11.8 Å². The largest absolute Gasteiger partial charge is 0.469 e. The fourth-order valence-electron chi connectivity index (χ4n) is 0.658. The van der Waals surface area contributed by atoms with E-state index in [-0.39, 0.29) is 12.2 Å². The van der Waals surface area contributed by atoms with Gasteiger partial charge in [-0.25, -0.2) is 4.98 Å². The number of rotatable bonds is 3. The number of esters is 1. The molecular weight excluding hydrogens is 174 g/mol. The van der Waals surface area contributed by atoms with Crippen LogP contribution >= 0.6 is 0 Å². The molecule has 0 unspecified atom stereocenters. The first-order valence-corrected chi connectivity index (χ1v) is 3.47. The summed E-state index contributed by atoms with van der Waals surface area (Å²) in [6.07, 6.45) is 2.31. The highest BCUT2D eigenvalue weighted by Crippen LogP contribution is 1.94. The number of carbonyl (C=O) groups is 2. The van der Waals surface area contributed by atoms with Gasteiger partial charge in [-0.05, 0) is 0 Å². The molecule has 1 aromatic rings. The molecule has 0 spiro atoms. The van der Waals surface area contributed by atoms with Crippen LogP contribution in [0, 0.1) is 0 Å². The Morgan fingerprint density at radius 2 is 2.23 bits per heavy atom. The second kappa shape index (κ2) is 4.24. The molecule has 6 nitrogen and oxygen atoms in total. The van der Waals surface area contributed by atoms with Crippen molar-refractivity contribution in [1.29, 1.82) is 0 Å². The minimum atomic E-state index is -0.613. The fraction of sp³-hybridized carbons (Fsp3) is 0.286. The zero-order valence-electron chi connectivity index (χ0n) is 6.93. The zero-order valence-corrected chi connectivity index (χ0v) is 6.93. The van der Waals surface area contributed by atoms with Crippen molar-refractivity contribution in [3.63, 3.8) is 0 Å². The van der Waals surface area contributed by atoms with E-state index >= 15 is 0 Å². The predicted molar refractivity (Wildman–Crippen MR) is 40.8 cm³/mol. The summed E-state index contributed by atoms with van der Waals surface area (Å²) in [6.45, 7) is 0. The quantitative estimate of drug-likeness (QED) is 0.359. The van der Waals surface area contributed by atoms with Crippen LogP contribution in [0.5, 0.6) is 0 Å². The number of ether oxygens (including phenoxy) is 1. The Labute approximate surface area is 74.0 Å². The Morgan fingerprint density at radius 3 is 2.77 bits per heavy atom. The van der Waals surface area contributed by atoms with E-state index in [1.807, 2.05) is 0 Å². The molecule has 1 heterocycles. The lowest BCUT2D eigenvalue weighted by molar-refractivity contribution is -0.139. The number of nitrogens with zero attached hydrogens (tertiary/aromatic N) is 3. The molecule has 6 heteroatoms. The van der Waals surface area contributed by atoms with Gasteiger partial charge in [0.1, 0.15) is 6.42 Å². The minimum Gasteiger partial charge on any atom is -0.469 e. The first-order valence-electron chi connectivity index (χ1n) is 3.47. The van der Waals surface area contributed by atoms with Crippen molar-refractivity contribution in [2.24, 2.45) is 0 Å². The molecule has 0 aromatic carbocycles. The molecule has 0 aliphatic carbocycles. The molecule has 0 saturated carbocycles. The summed E-state index contributed by atoms with van der Waals surface area (Å²) in [5.74, 6) is -1.19. The Bertz CT molecular complexity index is 312. The van der Waals surface area contributed by atoms with Gasteiger partial charge in [0, 0.05) is 6.20 Å². The lowest BCUT2D eigenvalue weighted by atomic mass is 10.3. The number of Topliss-reactive ketones (excluding diaryl/α,β-unsaturated/α-hetero) is 1. The van der Waals surface area contributed by atoms with E-state index in [4.69, 9.17) is 0 Å². The normalized spacial score (nSPS) is 9.31. The number of carbonyl (C=O) groups excluding carboxylic acids is 2. The Morgan fingerprint density at radius 1 is 1.46 bits per heavy atom. The number of aromatic nitrogens is 3. The molecule has 0 atom stereocenters. The number of hydrogen-bond donors (Lipinski definition) is 0. The van der Waals surface area contributed by atoms with E-state index in [0.29, 0.717) is 0 Å². The highest BCUT2D eigenvalue weighted by atomic mass is 16.5. The number of ketones is 1. The SMILES string of the molecule is COC(=O)CC(=O)c1nccnn1. The van der Waals surface area contributed by atoms with Crippen LogP contribution in [0.15, 0.2) is 12.4 Å². The van der Waals surface area contributed by atoms with Gasteiger partial charge < -0.3 is 4.74 Å². The molecule has 0 N–H and O–H groups in total. The molecule has 13 heavy (non-hydrogen) atoms. The van der Waals surface area contributed by atoms with Gasteiger partial charge in [0.25, 0.3) is 0 Å². The summed E-state index contributed by atoms with van der Waals surface area (Å²) in [5.41, 5.74) is 0. The van der Waals surface area contributed by atoms with Crippen molar-refractivity contribution in [2.75, 3.05) is 7.11 Å². The van der Waals surface area contributed by atoms with Gasteiger partial charge in [-0.3, -0.25) is 9.59 Å². The first-order chi connectivity index (χ1) is 6.24. The maximum atomic E-state index is 11.1. The predicted octanol–water partition coefficient (Wildman–Crippen LogP) is -0.383. The molecule has 0 radical (unpaired) electrons. The van der Waals surface area contributed by atoms with E-state index < -0.39 is 11.8 Å². The summed E-state index contributed by atoms with van der Waals surface area (Å²) < 4.78 is 4.31. The lowest BCUT2D eigenvalue weighted by Gasteiger charge is -1.96. The lowest BCUT2D eigenvalue weighted by Crippen LogP contribution is -2.12. The van der Waals surface area contributed by atoms with Crippen LogP contribution in [-0.2, 0) is 9.53 Å². The Balaban J connectivity index is 2.65. The van der Waals surface area contributed by atoms with Gasteiger partial charge in [-0.15, -0.1) is 5.10 Å². The van der Waals surface area contributed by atoms with Crippen LogP contribution in [0.1, 0.15) is 17.0 Å². The summed E-state index contributed by atoms with van der Waals surface area (Å²) in [5, 5.41) is 6.90. The van der Waals surface area contributed by atoms with Crippen molar-refractivity contribution in [3.8, 4) is 0 Å². The third kappa shape index (κ3) is 2.58. The molecule has 0 fully saturated rings. The van der Waals surface area contributed by atoms with E-state index in [2.05, 4.69) is 19.9 Å². The third-order valence-electron chi connectivity index (χ3n) is 1.26. The third-order valence-corrected chi connectivity index (χ3v) is 1.26. The first kappa shape index (κ1) is 9.24. The summed E-state index contributed by atoms with van der Waals surface area (Å²) in [6, 6.07) is 0. The molecule has 0 bridgehead atoms. The van der Waals surface area contributed by atoms with Gasteiger partial charge in [0.05, 0.1) is 13.3 Å². The molecule has 0 aliphatic heterocycles. The average molecular weight is 181 g/mol. The maximum absolute atomic E-state index is 11.1. The van der Waals surface area contributed by atoms with E-state index in [1.54, 1.807) is 0 Å². The summed E-state index contributed by atoms with van der Waals surface area (Å²) in [4.78, 5) is 25.5. The monoisotopic (exact) mass is 181 g/mol. The molecule has 1 aromatic heterocycles. The fourth-order valence-corrected chi connectivity index (χ4v) is 0.658. The van der Waals surface area contributed by atoms with Gasteiger partial charge in [0.2, 0.25) is 11.6 Å². The van der Waals surface area contributed by atoms with Crippen LogP contribution in [0.2, 0.25) is 0 Å². The molecule has 0 aliphatic rings. The van der Waals surface area contributed by atoms with Crippen LogP contribution < -0.4 is 0 Å². The molecule has 68 valence electrons. The second-order valence-corrected chi connectivity index (χ2v) is 2.14. The molecule has 1 rings (SSSR count). The summed E-state index contributed by atoms with van der Waals surface area (Å²) in [7, 11) is 1.21. The molecular formula is C7H7N3O3. The Hall–Kier alpha value is -1.85. The van der Waals surface area contributed by atoms with Crippen LogP contribution in [-0.4, -0.2) is 34.0 Å². The summed E-state index contributed by atoms with van der Waals surface area (Å²) >= 11 is 0. The van der Waals surface area contributed by atoms with Gasteiger partial charge in [0.15, 0.2) is 0 Å². The van der Waals surface area contributed by atoms with Crippen molar-refractivity contribution in [3.05, 3.63) is 18.2 Å². The van der Waals surface area contributed by atoms with Crippen molar-refractivity contribution in [1.82, 2.24) is 15.2 Å². The van der Waals surface area contributed by atoms with Crippen molar-refractivity contribution in [2.45, 2.75) is 6.42 Å². The number of methoxy groups -OCH3 is 1.